The molecule has 3 rings (SSSR count). The fourth-order valence-corrected chi connectivity index (χ4v) is 3.00. The van der Waals surface area contributed by atoms with Crippen LogP contribution >= 0.6 is 23.2 Å². The van der Waals surface area contributed by atoms with Crippen LogP contribution in [0.4, 0.5) is 0 Å². The lowest BCUT2D eigenvalue weighted by atomic mass is 10.0. The van der Waals surface area contributed by atoms with Gasteiger partial charge in [0.2, 0.25) is 5.91 Å². The molecule has 0 radical (unpaired) electrons. The molecule has 1 N–H and O–H groups in total. The van der Waals surface area contributed by atoms with Gasteiger partial charge in [-0.15, -0.1) is 23.2 Å². The van der Waals surface area contributed by atoms with Crippen LogP contribution in [-0.2, 0) is 4.79 Å². The number of carbonyl (C=O) groups excluding carboxylic acids is 1. The molecular formula is C18H17Cl2NO. The second-order valence-corrected chi connectivity index (χ2v) is 7.28. The van der Waals surface area contributed by atoms with Crippen LogP contribution < -0.4 is 5.32 Å². The molecule has 1 fully saturated rings. The van der Waals surface area contributed by atoms with Gasteiger partial charge < -0.3 is 5.32 Å². The first-order valence-corrected chi connectivity index (χ1v) is 8.06. The monoisotopic (exact) mass is 333 g/mol. The van der Waals surface area contributed by atoms with Crippen LogP contribution in [-0.4, -0.2) is 10.2 Å². The number of alkyl halides is 2. The van der Waals surface area contributed by atoms with E-state index in [1.54, 1.807) is 0 Å². The van der Waals surface area contributed by atoms with E-state index in [1.807, 2.05) is 37.3 Å². The Balaban J connectivity index is 1.66. The van der Waals surface area contributed by atoms with Gasteiger partial charge in [0.25, 0.3) is 0 Å². The minimum absolute atomic E-state index is 0.0675. The highest BCUT2D eigenvalue weighted by Crippen LogP contribution is 2.53. The zero-order valence-corrected chi connectivity index (χ0v) is 13.7. The molecule has 0 spiro atoms. The molecule has 2 nitrogen and oxygen atoms in total. The maximum atomic E-state index is 12.0. The van der Waals surface area contributed by atoms with Crippen molar-refractivity contribution in [2.45, 2.75) is 23.7 Å². The van der Waals surface area contributed by atoms with Crippen LogP contribution in [0.15, 0.2) is 54.6 Å². The summed E-state index contributed by atoms with van der Waals surface area (Å²) < 4.78 is -0.874. The van der Waals surface area contributed by atoms with E-state index in [0.717, 1.165) is 11.1 Å². The van der Waals surface area contributed by atoms with E-state index in [0.29, 0.717) is 6.42 Å². The van der Waals surface area contributed by atoms with Crippen LogP contribution in [0.1, 0.15) is 24.9 Å². The fraction of sp³-hybridized carbons (Fsp3) is 0.278. The summed E-state index contributed by atoms with van der Waals surface area (Å²) in [6.07, 6.45) is 0.529. The first kappa shape index (κ1) is 15.4. The van der Waals surface area contributed by atoms with Crippen molar-refractivity contribution >= 4 is 29.1 Å². The van der Waals surface area contributed by atoms with Gasteiger partial charge in [-0.3, -0.25) is 4.79 Å². The van der Waals surface area contributed by atoms with Crippen molar-refractivity contribution in [2.75, 3.05) is 0 Å². The third kappa shape index (κ3) is 3.29. The minimum atomic E-state index is -0.874. The third-order valence-corrected chi connectivity index (χ3v) is 4.85. The van der Waals surface area contributed by atoms with Crippen LogP contribution in [0, 0.1) is 5.92 Å². The maximum absolute atomic E-state index is 12.0. The summed E-state index contributed by atoms with van der Waals surface area (Å²) in [4.78, 5) is 12.0. The summed E-state index contributed by atoms with van der Waals surface area (Å²) in [6.45, 7) is 1.96. The normalized spacial score (nSPS) is 20.2. The Labute approximate surface area is 140 Å². The number of amides is 1. The summed E-state index contributed by atoms with van der Waals surface area (Å²) in [7, 11) is 0. The fourth-order valence-electron chi connectivity index (χ4n) is 2.49. The quantitative estimate of drug-likeness (QED) is 0.805. The molecule has 2 atom stereocenters. The van der Waals surface area contributed by atoms with E-state index in [-0.39, 0.29) is 17.9 Å². The lowest BCUT2D eigenvalue weighted by molar-refractivity contribution is -0.123. The van der Waals surface area contributed by atoms with Crippen molar-refractivity contribution in [2.24, 2.45) is 5.92 Å². The molecule has 2 aromatic rings. The van der Waals surface area contributed by atoms with Gasteiger partial charge in [0.05, 0.1) is 12.0 Å². The molecule has 1 amide bonds. The highest BCUT2D eigenvalue weighted by molar-refractivity contribution is 6.52. The van der Waals surface area contributed by atoms with Gasteiger partial charge in [0.15, 0.2) is 0 Å². The Morgan fingerprint density at radius 1 is 1.09 bits per heavy atom. The van der Waals surface area contributed by atoms with E-state index in [9.17, 15) is 4.79 Å². The average molecular weight is 334 g/mol. The summed E-state index contributed by atoms with van der Waals surface area (Å²) in [6, 6.07) is 18.3. The van der Waals surface area contributed by atoms with Crippen LogP contribution in [0.5, 0.6) is 0 Å². The number of halogens is 2. The highest BCUT2D eigenvalue weighted by atomic mass is 35.5. The average Bonchev–Trinajstić information content (AvgIpc) is 3.17. The second-order valence-electron chi connectivity index (χ2n) is 5.74. The lowest BCUT2D eigenvalue weighted by Gasteiger charge is -2.15. The molecule has 2 unspecified atom stereocenters. The van der Waals surface area contributed by atoms with Crippen LogP contribution in [0.25, 0.3) is 11.1 Å². The molecule has 1 saturated carbocycles. The van der Waals surface area contributed by atoms with Crippen molar-refractivity contribution in [1.29, 1.82) is 0 Å². The highest BCUT2D eigenvalue weighted by Gasteiger charge is 2.56. The number of carbonyl (C=O) groups is 1. The Bertz CT molecular complexity index is 667. The van der Waals surface area contributed by atoms with Crippen molar-refractivity contribution in [3.8, 4) is 11.1 Å². The van der Waals surface area contributed by atoms with Crippen molar-refractivity contribution < 1.29 is 4.79 Å². The molecule has 2 aromatic carbocycles. The van der Waals surface area contributed by atoms with Gasteiger partial charge in [0, 0.05) is 0 Å². The van der Waals surface area contributed by atoms with E-state index in [2.05, 4.69) is 29.6 Å². The van der Waals surface area contributed by atoms with Gasteiger partial charge >= 0.3 is 0 Å². The Hall–Kier alpha value is -1.51. The predicted octanol–water partition coefficient (Wildman–Crippen LogP) is 4.72. The molecule has 0 aromatic heterocycles. The van der Waals surface area contributed by atoms with Crippen LogP contribution in [0.3, 0.4) is 0 Å². The molecule has 0 bridgehead atoms. The maximum Gasteiger partial charge on any atom is 0.226 e. The largest absolute Gasteiger partial charge is 0.349 e. The van der Waals surface area contributed by atoms with Gasteiger partial charge in [0.1, 0.15) is 4.33 Å². The van der Waals surface area contributed by atoms with Gasteiger partial charge in [-0.25, -0.2) is 0 Å². The molecule has 0 saturated heterocycles. The number of rotatable bonds is 4. The standard InChI is InChI=1S/C18H17Cl2NO/c1-12(21-17(22)16-11-18(16,19)20)13-7-9-15(10-8-13)14-5-3-2-4-6-14/h2-10,12,16H,11H2,1H3,(H,21,22). The smallest absolute Gasteiger partial charge is 0.226 e. The first-order valence-electron chi connectivity index (χ1n) is 7.31. The van der Waals surface area contributed by atoms with Gasteiger partial charge in [-0.2, -0.15) is 0 Å². The molecular weight excluding hydrogens is 317 g/mol. The molecule has 114 valence electrons. The second kappa shape index (κ2) is 5.94. The topological polar surface area (TPSA) is 29.1 Å². The van der Waals surface area contributed by atoms with E-state index in [4.69, 9.17) is 23.2 Å². The molecule has 22 heavy (non-hydrogen) atoms. The van der Waals surface area contributed by atoms with Gasteiger partial charge in [-0.1, -0.05) is 54.6 Å². The predicted molar refractivity (Wildman–Crippen MR) is 91.0 cm³/mol. The van der Waals surface area contributed by atoms with Crippen molar-refractivity contribution in [1.82, 2.24) is 5.32 Å². The van der Waals surface area contributed by atoms with Gasteiger partial charge in [-0.05, 0) is 30.0 Å². The molecule has 1 aliphatic rings. The zero-order chi connectivity index (χ0) is 15.7. The molecule has 1 aliphatic carbocycles. The summed E-state index contributed by atoms with van der Waals surface area (Å²) in [5.74, 6) is -0.369. The molecule has 4 heteroatoms. The van der Waals surface area contributed by atoms with E-state index >= 15 is 0 Å². The van der Waals surface area contributed by atoms with Crippen LogP contribution in [0.2, 0.25) is 0 Å². The minimum Gasteiger partial charge on any atom is -0.349 e. The summed E-state index contributed by atoms with van der Waals surface area (Å²) >= 11 is 11.8. The summed E-state index contributed by atoms with van der Waals surface area (Å²) in [5.41, 5.74) is 3.40. The number of benzene rings is 2. The third-order valence-electron chi connectivity index (χ3n) is 4.02. The SMILES string of the molecule is CC(NC(=O)C1CC1(Cl)Cl)c1ccc(-c2ccccc2)cc1. The Morgan fingerprint density at radius 2 is 1.64 bits per heavy atom. The molecule has 0 heterocycles. The Kier molecular flexibility index (Phi) is 4.16. The van der Waals surface area contributed by atoms with E-state index in [1.165, 1.54) is 5.56 Å². The number of hydrogen-bond acceptors (Lipinski definition) is 1. The first-order chi connectivity index (χ1) is 10.5. The summed E-state index contributed by atoms with van der Waals surface area (Å²) in [5, 5.41) is 2.97. The van der Waals surface area contributed by atoms with Crippen molar-refractivity contribution in [3.05, 3.63) is 60.2 Å². The lowest BCUT2D eigenvalue weighted by Crippen LogP contribution is -2.29. The van der Waals surface area contributed by atoms with Crippen molar-refractivity contribution in [3.63, 3.8) is 0 Å². The zero-order valence-electron chi connectivity index (χ0n) is 12.2. The number of nitrogens with one attached hydrogen (secondary N) is 1. The molecule has 0 aliphatic heterocycles. The Morgan fingerprint density at radius 3 is 2.18 bits per heavy atom. The number of hydrogen-bond donors (Lipinski definition) is 1. The van der Waals surface area contributed by atoms with E-state index < -0.39 is 4.33 Å².